The van der Waals surface area contributed by atoms with Gasteiger partial charge in [-0.3, -0.25) is 62.5 Å². The van der Waals surface area contributed by atoms with Gasteiger partial charge in [0.15, 0.2) is 0 Å². The maximum atomic E-state index is 10.5. The van der Waals surface area contributed by atoms with E-state index in [0.29, 0.717) is 19.6 Å². The lowest BCUT2D eigenvalue weighted by Crippen LogP contribution is -2.45. The second-order valence-corrected chi connectivity index (χ2v) is 16.3. The fraction of sp³-hybridized carbons (Fsp3) is 0.538. The lowest BCUT2D eigenvalue weighted by Gasteiger charge is -2.09. The van der Waals surface area contributed by atoms with Crippen LogP contribution in [0, 0.1) is 11.3 Å². The van der Waals surface area contributed by atoms with E-state index in [0.717, 1.165) is 43.6 Å². The topological polar surface area (TPSA) is 463 Å². The fourth-order valence-electron chi connectivity index (χ4n) is 3.51. The maximum Gasteiger partial charge on any atom is 0.242 e. The standard InChI is InChI=1S/C9H11NO.C8H10N2O.C6H14N2O.C6H13NO.C5H10N2O3.C4H8N2O2.C4H6N2O.C4H9NO2.C4H9NO.C2H5NO/c1-8(11)10-7-9-5-3-2-4-6-9;1-7(11)10-6-8-2-4-9-5-3-8;1-6(9)7-4-5-8(2)3;1-3-4-5-7-6(2)8;1-3(9)7-4(2-8)5(6)10;1-3(7)6-2-4(5)8;1-4(7)6-3-2-5;1-4(7)5-2-3-6;1-4(6)5(2)3;1-2(3)4/h2-6H,7H2,1H3,(H,10,11);2-5H,6H2,1H3,(H,10,11);4-5H2,1-3H3,(H,7,9);3-5H2,1-2H3,(H,7,8);4,8H,2H2,1H3,(H2,6,10)(H,7,9);2H2,1H3,(H2,5,8)(H,6,7);3H2,1H3,(H,6,7);6H,2-3H2,1H3,(H,5,7);1-3H3;1H3,(H2,3,4). The molecule has 1 aromatic carbocycles. The van der Waals surface area contributed by atoms with Crippen LogP contribution in [0.2, 0.25) is 0 Å². The fourth-order valence-corrected chi connectivity index (χ4v) is 3.51. The van der Waals surface area contributed by atoms with Gasteiger partial charge in [0.05, 0.1) is 25.8 Å². The van der Waals surface area contributed by atoms with Crippen LogP contribution in [0.15, 0.2) is 54.9 Å². The van der Waals surface area contributed by atoms with Crippen LogP contribution in [0.25, 0.3) is 0 Å². The maximum absolute atomic E-state index is 10.5. The highest BCUT2D eigenvalue weighted by Gasteiger charge is 2.13. The van der Waals surface area contributed by atoms with E-state index in [9.17, 15) is 57.5 Å². The van der Waals surface area contributed by atoms with Gasteiger partial charge in [0.25, 0.3) is 0 Å². The highest BCUT2D eigenvalue weighted by atomic mass is 16.3. The third-order valence-electron chi connectivity index (χ3n) is 7.46. The van der Waals surface area contributed by atoms with Crippen molar-refractivity contribution in [3.63, 3.8) is 0 Å². The molecular weight excluding hydrogens is 1060 g/mol. The summed E-state index contributed by atoms with van der Waals surface area (Å²) in [4.78, 5) is 129. The van der Waals surface area contributed by atoms with E-state index in [2.05, 4.69) is 65.9 Å². The van der Waals surface area contributed by atoms with Crippen molar-refractivity contribution in [1.29, 1.82) is 5.26 Å². The highest BCUT2D eigenvalue weighted by molar-refractivity contribution is 5.85. The third kappa shape index (κ3) is 112. The summed E-state index contributed by atoms with van der Waals surface area (Å²) >= 11 is 0. The summed E-state index contributed by atoms with van der Waals surface area (Å²) in [6.45, 7) is 20.0. The van der Waals surface area contributed by atoms with Crippen molar-refractivity contribution in [2.45, 2.75) is 108 Å². The molecule has 29 heteroatoms. The molecule has 29 nitrogen and oxygen atoms in total. The molecular formula is C52H95N15O14. The van der Waals surface area contributed by atoms with Gasteiger partial charge in [-0.25, -0.2) is 0 Å². The molecule has 1 unspecified atom stereocenters. The number of unbranched alkanes of at least 4 members (excludes halogenated alkanes) is 1. The van der Waals surface area contributed by atoms with Crippen molar-refractivity contribution in [3.8, 4) is 6.07 Å². The van der Waals surface area contributed by atoms with E-state index in [1.807, 2.05) is 61.5 Å². The lowest BCUT2D eigenvalue weighted by atomic mass is 10.2. The number of nitrogens with two attached hydrogens (primary N) is 3. The highest BCUT2D eigenvalue weighted by Crippen LogP contribution is 1.96. The number of carbonyl (C=O) groups excluding carboxylic acids is 12. The van der Waals surface area contributed by atoms with Crippen molar-refractivity contribution in [2.75, 3.05) is 80.7 Å². The average molecular weight is 1150 g/mol. The molecule has 1 heterocycles. The molecule has 0 fully saturated rings. The van der Waals surface area contributed by atoms with E-state index in [-0.39, 0.29) is 72.9 Å². The quantitative estimate of drug-likeness (QED) is 0.0545. The number of hydrogen-bond donors (Lipinski definition) is 13. The molecule has 81 heavy (non-hydrogen) atoms. The Labute approximate surface area is 478 Å². The normalized spacial score (nSPS) is 8.95. The second-order valence-electron chi connectivity index (χ2n) is 16.3. The number of likely N-dealkylation sites (N-methyl/N-ethyl adjacent to an activating group) is 1. The van der Waals surface area contributed by atoms with Gasteiger partial charge in [0.1, 0.15) is 12.6 Å². The Morgan fingerprint density at radius 3 is 1.20 bits per heavy atom. The number of primary amides is 3. The third-order valence-corrected chi connectivity index (χ3v) is 7.46. The first-order valence-electron chi connectivity index (χ1n) is 24.8. The Balaban J connectivity index is -0.000000123. The van der Waals surface area contributed by atoms with Crippen molar-refractivity contribution >= 4 is 70.9 Å². The number of benzene rings is 1. The Morgan fingerprint density at radius 2 is 0.951 bits per heavy atom. The van der Waals surface area contributed by atoms with E-state index in [1.54, 1.807) is 32.6 Å². The number of carbonyl (C=O) groups is 12. The molecule has 2 aromatic rings. The van der Waals surface area contributed by atoms with Crippen LogP contribution in [0.3, 0.4) is 0 Å². The number of nitrogens with one attached hydrogen (secondary N) is 8. The predicted octanol–water partition coefficient (Wildman–Crippen LogP) is -2.43. The second kappa shape index (κ2) is 65.7. The van der Waals surface area contributed by atoms with Gasteiger partial charge in [-0.15, -0.1) is 0 Å². The zero-order valence-corrected chi connectivity index (χ0v) is 50.1. The van der Waals surface area contributed by atoms with E-state index in [1.165, 1.54) is 74.1 Å². The summed E-state index contributed by atoms with van der Waals surface area (Å²) in [5.41, 5.74) is 16.1. The Hall–Kier alpha value is -8.62. The Bertz CT molecular complexity index is 1990. The summed E-state index contributed by atoms with van der Waals surface area (Å²) in [5.74, 6) is -2.31. The van der Waals surface area contributed by atoms with Crippen molar-refractivity contribution in [2.24, 2.45) is 17.2 Å². The largest absolute Gasteiger partial charge is 0.395 e. The lowest BCUT2D eigenvalue weighted by molar-refractivity contribution is -0.127. The molecule has 0 aliphatic rings. The van der Waals surface area contributed by atoms with Gasteiger partial charge < -0.3 is 79.7 Å². The summed E-state index contributed by atoms with van der Waals surface area (Å²) in [6.07, 6.45) is 5.63. The summed E-state index contributed by atoms with van der Waals surface area (Å²) in [5, 5.41) is 44.3. The van der Waals surface area contributed by atoms with Crippen molar-refractivity contribution < 1.29 is 67.7 Å². The minimum absolute atomic E-state index is 0.00820. The summed E-state index contributed by atoms with van der Waals surface area (Å²) in [7, 11) is 7.40. The number of nitriles is 1. The molecule has 1 aromatic heterocycles. The zero-order valence-electron chi connectivity index (χ0n) is 50.1. The van der Waals surface area contributed by atoms with Gasteiger partial charge in [-0.2, -0.15) is 5.26 Å². The van der Waals surface area contributed by atoms with Crippen LogP contribution in [0.1, 0.15) is 100 Å². The first-order chi connectivity index (χ1) is 37.6. The van der Waals surface area contributed by atoms with Crippen LogP contribution >= 0.6 is 0 Å². The number of nitrogens with zero attached hydrogens (tertiary/aromatic N) is 4. The number of pyridine rings is 1. The van der Waals surface area contributed by atoms with Gasteiger partial charge in [-0.05, 0) is 43.8 Å². The number of amides is 12. The predicted molar refractivity (Wildman–Crippen MR) is 308 cm³/mol. The van der Waals surface area contributed by atoms with Gasteiger partial charge in [-0.1, -0.05) is 43.7 Å². The van der Waals surface area contributed by atoms with Crippen LogP contribution in [0.4, 0.5) is 0 Å². The number of hydrogen-bond acceptors (Lipinski definition) is 17. The van der Waals surface area contributed by atoms with Crippen LogP contribution in [0.5, 0.6) is 0 Å². The first kappa shape index (κ1) is 89.0. The molecule has 0 saturated carbocycles. The molecule has 0 aliphatic carbocycles. The first-order valence-corrected chi connectivity index (χ1v) is 24.8. The molecule has 2 rings (SSSR count). The van der Waals surface area contributed by atoms with Crippen LogP contribution in [-0.2, 0) is 70.6 Å². The van der Waals surface area contributed by atoms with Gasteiger partial charge in [0, 0.05) is 135 Å². The number of aliphatic hydroxyl groups is 2. The van der Waals surface area contributed by atoms with Gasteiger partial charge >= 0.3 is 0 Å². The molecule has 0 aliphatic heterocycles. The molecule has 0 radical (unpaired) electrons. The smallest absolute Gasteiger partial charge is 0.242 e. The minimum Gasteiger partial charge on any atom is -0.395 e. The van der Waals surface area contributed by atoms with E-state index < -0.39 is 30.4 Å². The van der Waals surface area contributed by atoms with Crippen LogP contribution in [-0.4, -0.2) is 183 Å². The minimum atomic E-state index is -0.961. The molecule has 0 spiro atoms. The van der Waals surface area contributed by atoms with Gasteiger partial charge in [0.2, 0.25) is 70.9 Å². The van der Waals surface area contributed by atoms with Crippen molar-refractivity contribution in [3.05, 3.63) is 66.0 Å². The van der Waals surface area contributed by atoms with E-state index >= 15 is 0 Å². The summed E-state index contributed by atoms with van der Waals surface area (Å²) in [6, 6.07) is 14.4. The zero-order chi connectivity index (χ0) is 64.7. The Kier molecular flexibility index (Phi) is 72.1. The molecule has 1 atom stereocenters. The molecule has 16 N–H and O–H groups in total. The van der Waals surface area contributed by atoms with E-state index in [4.69, 9.17) is 21.2 Å². The SMILES string of the molecule is CC(=O)N(C)C.CC(=O)NC(CO)C(N)=O.CC(=O)NCC#N.CC(=O)NCC(N)=O.CC(=O)NCCN(C)C.CC(=O)NCCO.CC(=O)NCc1ccccc1.CC(=O)NCc1ccncc1.CC(N)=O.CCCCNC(C)=O. The number of aliphatic hydroxyl groups excluding tert-OH is 2. The van der Waals surface area contributed by atoms with Crippen LogP contribution < -0.4 is 59.7 Å². The molecule has 462 valence electrons. The molecule has 0 saturated heterocycles. The van der Waals surface area contributed by atoms with Crippen molar-refractivity contribution in [1.82, 2.24) is 57.3 Å². The average Bonchev–Trinajstić information content (AvgIpc) is 3.36. The number of rotatable bonds is 18. The molecule has 0 bridgehead atoms. The molecule has 12 amide bonds. The monoisotopic (exact) mass is 1150 g/mol. The summed E-state index contributed by atoms with van der Waals surface area (Å²) < 4.78 is 0. The number of aromatic nitrogens is 1. The Morgan fingerprint density at radius 1 is 0.568 bits per heavy atom.